The molecule has 1 amide bonds. The zero-order valence-corrected chi connectivity index (χ0v) is 11.5. The summed E-state index contributed by atoms with van der Waals surface area (Å²) in [7, 11) is 0. The van der Waals surface area contributed by atoms with Crippen LogP contribution in [0.1, 0.15) is 32.9 Å². The van der Waals surface area contributed by atoms with Gasteiger partial charge in [0, 0.05) is 12.2 Å². The summed E-state index contributed by atoms with van der Waals surface area (Å²) >= 11 is 0. The Morgan fingerprint density at radius 2 is 2.15 bits per heavy atom. The van der Waals surface area contributed by atoms with Gasteiger partial charge in [-0.1, -0.05) is 12.1 Å². The predicted molar refractivity (Wildman–Crippen MR) is 75.3 cm³/mol. The molecule has 0 atom stereocenters. The number of H-pyrrole nitrogens is 1. The first-order valence-electron chi connectivity index (χ1n) is 6.41. The first-order valence-corrected chi connectivity index (χ1v) is 6.41. The van der Waals surface area contributed by atoms with Gasteiger partial charge in [0.25, 0.3) is 5.91 Å². The highest BCUT2D eigenvalue weighted by Crippen LogP contribution is 2.10. The summed E-state index contributed by atoms with van der Waals surface area (Å²) in [6.07, 6.45) is 0.717. The van der Waals surface area contributed by atoms with Crippen LogP contribution in [0.3, 0.4) is 0 Å². The number of nitrogens with zero attached hydrogens (tertiary/aromatic N) is 2. The predicted octanol–water partition coefficient (Wildman–Crippen LogP) is 1.87. The van der Waals surface area contributed by atoms with Crippen molar-refractivity contribution in [2.75, 3.05) is 6.54 Å². The second-order valence-corrected chi connectivity index (χ2v) is 4.58. The molecule has 0 unspecified atom stereocenters. The molecule has 1 aromatic carbocycles. The summed E-state index contributed by atoms with van der Waals surface area (Å²) in [5.41, 5.74) is 3.90. The molecule has 20 heavy (non-hydrogen) atoms. The third-order valence-corrected chi connectivity index (χ3v) is 3.23. The molecule has 0 saturated heterocycles. The van der Waals surface area contributed by atoms with Crippen molar-refractivity contribution in [3.8, 4) is 6.07 Å². The highest BCUT2D eigenvalue weighted by Gasteiger charge is 2.11. The third-order valence-electron chi connectivity index (χ3n) is 3.23. The second kappa shape index (κ2) is 6.02. The van der Waals surface area contributed by atoms with Gasteiger partial charge in [0.05, 0.1) is 22.9 Å². The van der Waals surface area contributed by atoms with Gasteiger partial charge in [-0.15, -0.1) is 0 Å². The van der Waals surface area contributed by atoms with E-state index in [1.807, 2.05) is 19.9 Å². The minimum absolute atomic E-state index is 0.221. The van der Waals surface area contributed by atoms with Gasteiger partial charge in [0.15, 0.2) is 0 Å². The van der Waals surface area contributed by atoms with Crippen molar-refractivity contribution in [1.82, 2.24) is 15.5 Å². The van der Waals surface area contributed by atoms with Gasteiger partial charge in [-0.2, -0.15) is 10.4 Å². The summed E-state index contributed by atoms with van der Waals surface area (Å²) in [6.45, 7) is 4.41. The Hall–Kier alpha value is -2.61. The van der Waals surface area contributed by atoms with Crippen molar-refractivity contribution in [2.24, 2.45) is 0 Å². The van der Waals surface area contributed by atoms with Crippen LogP contribution in [0.4, 0.5) is 0 Å². The van der Waals surface area contributed by atoms with Crippen LogP contribution in [0.2, 0.25) is 0 Å². The van der Waals surface area contributed by atoms with Gasteiger partial charge in [-0.05, 0) is 38.0 Å². The average molecular weight is 268 g/mol. The highest BCUT2D eigenvalue weighted by atomic mass is 16.1. The number of rotatable bonds is 4. The first-order chi connectivity index (χ1) is 9.63. The number of benzene rings is 1. The SMILES string of the molecule is Cc1n[nH]c(C)c1CCNC(=O)c1ccccc1C#N. The van der Waals surface area contributed by atoms with E-state index >= 15 is 0 Å². The number of carbonyl (C=O) groups excluding carboxylic acids is 1. The average Bonchev–Trinajstić information content (AvgIpc) is 2.78. The van der Waals surface area contributed by atoms with E-state index in [0.717, 1.165) is 17.0 Å². The Kier molecular flexibility index (Phi) is 4.16. The van der Waals surface area contributed by atoms with E-state index in [9.17, 15) is 4.79 Å². The van der Waals surface area contributed by atoms with Gasteiger partial charge in [-0.3, -0.25) is 9.89 Å². The van der Waals surface area contributed by atoms with Crippen LogP contribution in [0.5, 0.6) is 0 Å². The van der Waals surface area contributed by atoms with E-state index in [0.29, 0.717) is 24.1 Å². The molecule has 5 heteroatoms. The van der Waals surface area contributed by atoms with Crippen LogP contribution in [-0.4, -0.2) is 22.6 Å². The van der Waals surface area contributed by atoms with Crippen LogP contribution in [-0.2, 0) is 6.42 Å². The quantitative estimate of drug-likeness (QED) is 0.888. The summed E-state index contributed by atoms with van der Waals surface area (Å²) in [4.78, 5) is 12.0. The molecule has 5 nitrogen and oxygen atoms in total. The molecule has 0 bridgehead atoms. The van der Waals surface area contributed by atoms with E-state index in [4.69, 9.17) is 5.26 Å². The van der Waals surface area contributed by atoms with Crippen LogP contribution >= 0.6 is 0 Å². The third kappa shape index (κ3) is 2.86. The normalized spacial score (nSPS) is 10.1. The molecule has 1 aromatic heterocycles. The number of hydrogen-bond donors (Lipinski definition) is 2. The van der Waals surface area contributed by atoms with Gasteiger partial charge in [0.1, 0.15) is 0 Å². The lowest BCUT2D eigenvalue weighted by Crippen LogP contribution is -2.26. The molecule has 2 aromatic rings. The Balaban J connectivity index is 1.98. The minimum atomic E-state index is -0.221. The van der Waals surface area contributed by atoms with E-state index in [2.05, 4.69) is 15.5 Å². The Morgan fingerprint density at radius 1 is 1.40 bits per heavy atom. The lowest BCUT2D eigenvalue weighted by molar-refractivity contribution is 0.0954. The van der Waals surface area contributed by atoms with E-state index < -0.39 is 0 Å². The molecular weight excluding hydrogens is 252 g/mol. The maximum Gasteiger partial charge on any atom is 0.252 e. The fraction of sp³-hybridized carbons (Fsp3) is 0.267. The van der Waals surface area contributed by atoms with E-state index in [1.165, 1.54) is 0 Å². The van der Waals surface area contributed by atoms with Gasteiger partial charge < -0.3 is 5.32 Å². The second-order valence-electron chi connectivity index (χ2n) is 4.58. The van der Waals surface area contributed by atoms with Crippen molar-refractivity contribution in [3.63, 3.8) is 0 Å². The van der Waals surface area contributed by atoms with E-state index in [-0.39, 0.29) is 5.91 Å². The van der Waals surface area contributed by atoms with Crippen molar-refractivity contribution >= 4 is 5.91 Å². The maximum atomic E-state index is 12.0. The fourth-order valence-electron chi connectivity index (χ4n) is 2.12. The molecule has 0 saturated carbocycles. The zero-order valence-electron chi connectivity index (χ0n) is 11.5. The number of aryl methyl sites for hydroxylation is 2. The summed E-state index contributed by atoms with van der Waals surface area (Å²) in [6, 6.07) is 8.81. The number of aromatic amines is 1. The topological polar surface area (TPSA) is 81.6 Å². The molecule has 102 valence electrons. The smallest absolute Gasteiger partial charge is 0.252 e. The summed E-state index contributed by atoms with van der Waals surface area (Å²) in [5.74, 6) is -0.221. The van der Waals surface area contributed by atoms with Crippen LogP contribution in [0, 0.1) is 25.2 Å². The van der Waals surface area contributed by atoms with Crippen molar-refractivity contribution in [3.05, 3.63) is 52.3 Å². The largest absolute Gasteiger partial charge is 0.352 e. The lowest BCUT2D eigenvalue weighted by atomic mass is 10.1. The van der Waals surface area contributed by atoms with Crippen molar-refractivity contribution in [1.29, 1.82) is 5.26 Å². The zero-order chi connectivity index (χ0) is 14.5. The maximum absolute atomic E-state index is 12.0. The molecule has 0 spiro atoms. The van der Waals surface area contributed by atoms with Crippen LogP contribution in [0.25, 0.3) is 0 Å². The molecule has 2 rings (SSSR count). The molecule has 2 N–H and O–H groups in total. The Morgan fingerprint density at radius 3 is 2.80 bits per heavy atom. The fourth-order valence-corrected chi connectivity index (χ4v) is 2.12. The minimum Gasteiger partial charge on any atom is -0.352 e. The Bertz CT molecular complexity index is 647. The van der Waals surface area contributed by atoms with Crippen molar-refractivity contribution in [2.45, 2.75) is 20.3 Å². The number of nitrogens with one attached hydrogen (secondary N) is 2. The first kappa shape index (κ1) is 13.8. The molecule has 1 heterocycles. The number of carbonyl (C=O) groups is 1. The van der Waals surface area contributed by atoms with Gasteiger partial charge in [-0.25, -0.2) is 0 Å². The number of hydrogen-bond acceptors (Lipinski definition) is 3. The monoisotopic (exact) mass is 268 g/mol. The van der Waals surface area contributed by atoms with Crippen LogP contribution < -0.4 is 5.32 Å². The van der Waals surface area contributed by atoms with Crippen molar-refractivity contribution < 1.29 is 4.79 Å². The standard InChI is InChI=1S/C15H16N4O/c1-10-13(11(2)19-18-10)7-8-17-15(20)14-6-4-3-5-12(14)9-16/h3-6H,7-8H2,1-2H3,(H,17,20)(H,18,19). The molecule has 0 fully saturated rings. The summed E-state index contributed by atoms with van der Waals surface area (Å²) in [5, 5.41) is 18.8. The molecular formula is C15H16N4O. The van der Waals surface area contributed by atoms with Gasteiger partial charge >= 0.3 is 0 Å². The number of nitriles is 1. The lowest BCUT2D eigenvalue weighted by Gasteiger charge is -2.06. The molecule has 0 radical (unpaired) electrons. The molecule has 0 aliphatic rings. The highest BCUT2D eigenvalue weighted by molar-refractivity contribution is 5.96. The summed E-state index contributed by atoms with van der Waals surface area (Å²) < 4.78 is 0. The number of aromatic nitrogens is 2. The Labute approximate surface area is 117 Å². The number of amides is 1. The molecule has 0 aliphatic heterocycles. The van der Waals surface area contributed by atoms with E-state index in [1.54, 1.807) is 24.3 Å². The van der Waals surface area contributed by atoms with Gasteiger partial charge in [0.2, 0.25) is 0 Å². The van der Waals surface area contributed by atoms with Crippen LogP contribution in [0.15, 0.2) is 24.3 Å². The molecule has 0 aliphatic carbocycles.